The number of hydrogen-bond acceptors (Lipinski definition) is 6. The van der Waals surface area contributed by atoms with E-state index in [-0.39, 0.29) is 24.5 Å². The van der Waals surface area contributed by atoms with Crippen LogP contribution in [0.1, 0.15) is 349 Å². The third-order valence-electron chi connectivity index (χ3n) is 14.4. The van der Waals surface area contributed by atoms with E-state index in [2.05, 4.69) is 64.2 Å². The van der Waals surface area contributed by atoms with Crippen LogP contribution in [-0.2, 0) is 28.6 Å². The summed E-state index contributed by atoms with van der Waals surface area (Å²) in [6.07, 6.45) is 69.3. The van der Waals surface area contributed by atoms with Crippen LogP contribution in [0.25, 0.3) is 0 Å². The van der Waals surface area contributed by atoms with Crippen molar-refractivity contribution in [2.75, 3.05) is 6.61 Å². The van der Waals surface area contributed by atoms with Gasteiger partial charge < -0.3 is 14.2 Å². The lowest BCUT2D eigenvalue weighted by molar-refractivity contribution is -0.176. The molecule has 0 aliphatic heterocycles. The number of carbonyl (C=O) groups excluding carboxylic acids is 3. The molecule has 0 rings (SSSR count). The standard InChI is InChI=1S/C66H122O6/c1-5-9-13-17-21-24-27-30-33-36-39-42-46-50-54-58-64(67)70-61-63(72-66(69)60-56-52-48-44-41-38-35-32-29-26-23-19-15-11-7-3)62(57-53-49-45-20-16-12-8-4)71-65(68)59-55-51-47-43-40-37-34-31-28-25-22-18-14-10-6-2/h30-35,62-63H,5-29,36-61H2,1-4H3/b33-30-,34-31-,35-32-. The van der Waals surface area contributed by atoms with Crippen molar-refractivity contribution >= 4 is 17.9 Å². The van der Waals surface area contributed by atoms with Gasteiger partial charge in [-0.1, -0.05) is 257 Å². The summed E-state index contributed by atoms with van der Waals surface area (Å²) in [6, 6.07) is 0. The Morgan fingerprint density at radius 1 is 0.278 bits per heavy atom. The lowest BCUT2D eigenvalue weighted by Gasteiger charge is -2.27. The van der Waals surface area contributed by atoms with Gasteiger partial charge in [0.25, 0.3) is 0 Å². The molecule has 0 aromatic heterocycles. The molecule has 6 nitrogen and oxygen atoms in total. The molecular formula is C66H122O6. The maximum absolute atomic E-state index is 13.4. The Kier molecular flexibility index (Phi) is 57.5. The third kappa shape index (κ3) is 53.9. The number of ether oxygens (including phenoxy) is 3. The summed E-state index contributed by atoms with van der Waals surface area (Å²) in [5.74, 6) is -0.789. The number of esters is 3. The third-order valence-corrected chi connectivity index (χ3v) is 14.4. The molecule has 0 heterocycles. The summed E-state index contributed by atoms with van der Waals surface area (Å²) >= 11 is 0. The Morgan fingerprint density at radius 2 is 0.514 bits per heavy atom. The molecule has 0 bridgehead atoms. The predicted molar refractivity (Wildman–Crippen MR) is 312 cm³/mol. The molecule has 422 valence electrons. The first-order chi connectivity index (χ1) is 35.5. The highest BCUT2D eigenvalue weighted by Gasteiger charge is 2.30. The average molecular weight is 1010 g/mol. The number of allylic oxidation sites excluding steroid dienone is 6. The van der Waals surface area contributed by atoms with Crippen LogP contribution in [0.2, 0.25) is 0 Å². The zero-order valence-corrected chi connectivity index (χ0v) is 48.6. The minimum absolute atomic E-state index is 0.0656. The molecule has 0 fully saturated rings. The molecule has 0 radical (unpaired) electrons. The van der Waals surface area contributed by atoms with Gasteiger partial charge in [-0.3, -0.25) is 14.4 Å². The quantitative estimate of drug-likeness (QED) is 0.0261. The second-order valence-electron chi connectivity index (χ2n) is 21.7. The van der Waals surface area contributed by atoms with E-state index in [0.717, 1.165) is 96.3 Å². The summed E-state index contributed by atoms with van der Waals surface area (Å²) < 4.78 is 18.2. The van der Waals surface area contributed by atoms with Gasteiger partial charge in [-0.15, -0.1) is 0 Å². The lowest BCUT2D eigenvalue weighted by Crippen LogP contribution is -2.39. The molecular weight excluding hydrogens is 889 g/mol. The summed E-state index contributed by atoms with van der Waals surface area (Å²) in [6.45, 7) is 8.98. The van der Waals surface area contributed by atoms with Crippen LogP contribution in [0.15, 0.2) is 36.5 Å². The molecule has 2 unspecified atom stereocenters. The van der Waals surface area contributed by atoms with Crippen molar-refractivity contribution in [1.29, 1.82) is 0 Å². The summed E-state index contributed by atoms with van der Waals surface area (Å²) in [4.78, 5) is 40.0. The van der Waals surface area contributed by atoms with E-state index < -0.39 is 12.2 Å². The smallest absolute Gasteiger partial charge is 0.306 e. The fraction of sp³-hybridized carbons (Fsp3) is 0.864. The average Bonchev–Trinajstić information content (AvgIpc) is 3.38. The van der Waals surface area contributed by atoms with Crippen LogP contribution in [-0.4, -0.2) is 36.7 Å². The van der Waals surface area contributed by atoms with Crippen molar-refractivity contribution in [3.63, 3.8) is 0 Å². The highest BCUT2D eigenvalue weighted by atomic mass is 16.6. The van der Waals surface area contributed by atoms with Gasteiger partial charge in [-0.05, 0) is 109 Å². The maximum Gasteiger partial charge on any atom is 0.306 e. The molecule has 0 aliphatic carbocycles. The Morgan fingerprint density at radius 3 is 0.819 bits per heavy atom. The van der Waals surface area contributed by atoms with Crippen LogP contribution in [0.5, 0.6) is 0 Å². The topological polar surface area (TPSA) is 78.9 Å². The normalized spacial score (nSPS) is 12.7. The molecule has 0 saturated heterocycles. The van der Waals surface area contributed by atoms with Gasteiger partial charge in [0.05, 0.1) is 0 Å². The maximum atomic E-state index is 13.4. The van der Waals surface area contributed by atoms with E-state index in [1.54, 1.807) is 0 Å². The molecule has 6 heteroatoms. The molecule has 0 aromatic rings. The van der Waals surface area contributed by atoms with E-state index in [9.17, 15) is 14.4 Å². The molecule has 0 aliphatic rings. The van der Waals surface area contributed by atoms with Gasteiger partial charge in [0, 0.05) is 19.3 Å². The SMILES string of the molecule is CCCCCCCC/C=C\CCCCCCCC(=O)OCC(OC(=O)CCCCCCC/C=C\CCCCCCCC)C(CCCCCCCCC)OC(=O)CCCCCCC/C=C\CCCCCCCC. The van der Waals surface area contributed by atoms with E-state index >= 15 is 0 Å². The van der Waals surface area contributed by atoms with Crippen LogP contribution < -0.4 is 0 Å². The van der Waals surface area contributed by atoms with Gasteiger partial charge in [0.1, 0.15) is 12.7 Å². The first-order valence-electron chi connectivity index (χ1n) is 32.0. The molecule has 0 aromatic carbocycles. The fourth-order valence-corrected chi connectivity index (χ4v) is 9.56. The molecule has 2 atom stereocenters. The molecule has 0 spiro atoms. The van der Waals surface area contributed by atoms with Crippen molar-refractivity contribution in [3.8, 4) is 0 Å². The highest BCUT2D eigenvalue weighted by molar-refractivity contribution is 5.71. The molecule has 0 saturated carbocycles. The van der Waals surface area contributed by atoms with Gasteiger partial charge in [-0.2, -0.15) is 0 Å². The zero-order valence-electron chi connectivity index (χ0n) is 48.6. The van der Waals surface area contributed by atoms with Crippen molar-refractivity contribution in [2.24, 2.45) is 0 Å². The second-order valence-corrected chi connectivity index (χ2v) is 21.7. The van der Waals surface area contributed by atoms with Crippen LogP contribution in [0, 0.1) is 0 Å². The lowest BCUT2D eigenvalue weighted by atomic mass is 10.0. The minimum atomic E-state index is -0.795. The monoisotopic (exact) mass is 1010 g/mol. The zero-order chi connectivity index (χ0) is 52.3. The van der Waals surface area contributed by atoms with E-state index in [4.69, 9.17) is 14.2 Å². The fourth-order valence-electron chi connectivity index (χ4n) is 9.56. The number of unbranched alkanes of at least 4 members (excludes halogenated alkanes) is 39. The summed E-state index contributed by atoms with van der Waals surface area (Å²) in [5.41, 5.74) is 0. The van der Waals surface area contributed by atoms with Crippen LogP contribution in [0.3, 0.4) is 0 Å². The summed E-state index contributed by atoms with van der Waals surface area (Å²) in [5, 5.41) is 0. The van der Waals surface area contributed by atoms with Gasteiger partial charge in [0.2, 0.25) is 0 Å². The molecule has 0 amide bonds. The van der Waals surface area contributed by atoms with E-state index in [0.29, 0.717) is 25.7 Å². The van der Waals surface area contributed by atoms with Gasteiger partial charge in [0.15, 0.2) is 6.10 Å². The van der Waals surface area contributed by atoms with Crippen molar-refractivity contribution in [1.82, 2.24) is 0 Å². The van der Waals surface area contributed by atoms with Crippen LogP contribution >= 0.6 is 0 Å². The number of rotatable bonds is 58. The minimum Gasteiger partial charge on any atom is -0.462 e. The second kappa shape index (κ2) is 59.5. The predicted octanol–water partition coefficient (Wildman–Crippen LogP) is 21.6. The van der Waals surface area contributed by atoms with E-state index in [1.807, 2.05) is 0 Å². The Labute approximate surface area is 448 Å². The molecule has 72 heavy (non-hydrogen) atoms. The Bertz CT molecular complexity index is 1220. The van der Waals surface area contributed by atoms with Crippen LogP contribution in [0.4, 0.5) is 0 Å². The Balaban J connectivity index is 5.15. The van der Waals surface area contributed by atoms with E-state index in [1.165, 1.54) is 199 Å². The van der Waals surface area contributed by atoms with Crippen molar-refractivity contribution < 1.29 is 28.6 Å². The Hall–Kier alpha value is -2.37. The largest absolute Gasteiger partial charge is 0.462 e. The van der Waals surface area contributed by atoms with Gasteiger partial charge in [-0.25, -0.2) is 0 Å². The van der Waals surface area contributed by atoms with Crippen molar-refractivity contribution in [2.45, 2.75) is 361 Å². The number of carbonyl (C=O) groups is 3. The first-order valence-corrected chi connectivity index (χ1v) is 32.0. The highest BCUT2D eigenvalue weighted by Crippen LogP contribution is 2.21. The summed E-state index contributed by atoms with van der Waals surface area (Å²) in [7, 11) is 0. The van der Waals surface area contributed by atoms with Gasteiger partial charge >= 0.3 is 17.9 Å². The first kappa shape index (κ1) is 69.6. The molecule has 0 N–H and O–H groups in total. The van der Waals surface area contributed by atoms with Crippen molar-refractivity contribution in [3.05, 3.63) is 36.5 Å². The number of hydrogen-bond donors (Lipinski definition) is 0.